The molecule has 1 aliphatic rings. The number of hydrogen-bond acceptors (Lipinski definition) is 4. The molecule has 1 N–H and O–H groups in total. The van der Waals surface area contributed by atoms with Crippen LogP contribution in [-0.4, -0.2) is 24.0 Å². The molecule has 0 saturated heterocycles. The molecular formula is C17H20N2O3. The lowest BCUT2D eigenvalue weighted by molar-refractivity contribution is -0.125. The quantitative estimate of drug-likeness (QED) is 0.846. The van der Waals surface area contributed by atoms with E-state index in [-0.39, 0.29) is 12.5 Å². The molecule has 22 heavy (non-hydrogen) atoms. The summed E-state index contributed by atoms with van der Waals surface area (Å²) >= 11 is 0. The number of benzene rings is 1. The zero-order valence-corrected chi connectivity index (χ0v) is 13.1. The molecule has 0 unspecified atom stereocenters. The van der Waals surface area contributed by atoms with Crippen LogP contribution in [0, 0.1) is 31.1 Å². The monoisotopic (exact) mass is 300 g/mol. The third-order valence-corrected chi connectivity index (χ3v) is 4.18. The Morgan fingerprint density at radius 2 is 2.09 bits per heavy atom. The molecule has 1 fully saturated rings. The van der Waals surface area contributed by atoms with Crippen molar-refractivity contribution >= 4 is 11.9 Å². The van der Waals surface area contributed by atoms with E-state index in [9.17, 15) is 14.9 Å². The number of hydrogen-bond donors (Lipinski definition) is 1. The molecule has 1 saturated carbocycles. The summed E-state index contributed by atoms with van der Waals surface area (Å²) in [6.45, 7) is 5.07. The van der Waals surface area contributed by atoms with Crippen molar-refractivity contribution in [2.75, 3.05) is 6.61 Å². The van der Waals surface area contributed by atoms with Crippen molar-refractivity contribution in [3.8, 4) is 6.07 Å². The van der Waals surface area contributed by atoms with E-state index in [2.05, 4.69) is 11.4 Å². The topological polar surface area (TPSA) is 79.2 Å². The van der Waals surface area contributed by atoms with Gasteiger partial charge in [0.25, 0.3) is 5.91 Å². The van der Waals surface area contributed by atoms with Gasteiger partial charge in [0.05, 0.1) is 11.6 Å². The van der Waals surface area contributed by atoms with E-state index < -0.39 is 17.4 Å². The van der Waals surface area contributed by atoms with Gasteiger partial charge in [0, 0.05) is 0 Å². The molecule has 0 aliphatic heterocycles. The first kappa shape index (κ1) is 16.0. The number of nitrogens with zero attached hydrogens (tertiary/aromatic N) is 1. The summed E-state index contributed by atoms with van der Waals surface area (Å²) in [7, 11) is 0. The van der Waals surface area contributed by atoms with Crippen LogP contribution < -0.4 is 5.32 Å². The molecule has 1 atom stereocenters. The van der Waals surface area contributed by atoms with Crippen LogP contribution in [0.15, 0.2) is 18.2 Å². The van der Waals surface area contributed by atoms with Crippen LogP contribution in [0.25, 0.3) is 0 Å². The van der Waals surface area contributed by atoms with Gasteiger partial charge >= 0.3 is 5.97 Å². The molecule has 5 nitrogen and oxygen atoms in total. The first-order valence-corrected chi connectivity index (χ1v) is 7.33. The van der Waals surface area contributed by atoms with E-state index in [4.69, 9.17) is 4.74 Å². The highest BCUT2D eigenvalue weighted by Crippen LogP contribution is 2.39. The molecule has 2 rings (SSSR count). The van der Waals surface area contributed by atoms with Crippen LogP contribution in [0.3, 0.4) is 0 Å². The van der Waals surface area contributed by atoms with Gasteiger partial charge in [-0.2, -0.15) is 5.26 Å². The van der Waals surface area contributed by atoms with Crippen LogP contribution in [0.5, 0.6) is 0 Å². The first-order valence-electron chi connectivity index (χ1n) is 7.33. The molecular weight excluding hydrogens is 280 g/mol. The van der Waals surface area contributed by atoms with Crippen LogP contribution in [0.4, 0.5) is 0 Å². The fourth-order valence-electron chi connectivity index (χ4n) is 2.39. The average molecular weight is 300 g/mol. The Balaban J connectivity index is 1.92. The highest BCUT2D eigenvalue weighted by atomic mass is 16.5. The summed E-state index contributed by atoms with van der Waals surface area (Å²) in [6, 6.07) is 7.49. The molecule has 0 bridgehead atoms. The maximum atomic E-state index is 12.0. The van der Waals surface area contributed by atoms with E-state index in [0.29, 0.717) is 5.56 Å². The summed E-state index contributed by atoms with van der Waals surface area (Å²) < 4.78 is 5.06. The standard InChI is InChI=1S/C17H20N2O3/c1-11-5-4-6-14(12(11)2)16(21)22-9-15(20)19-17(3,10-18)13-7-8-13/h4-6,13H,7-9H2,1-3H3,(H,19,20)/t17-/m1/s1. The van der Waals surface area contributed by atoms with E-state index in [1.807, 2.05) is 19.9 Å². The van der Waals surface area contributed by atoms with E-state index in [1.165, 1.54) is 0 Å². The van der Waals surface area contributed by atoms with Gasteiger partial charge < -0.3 is 10.1 Å². The maximum absolute atomic E-state index is 12.0. The highest BCUT2D eigenvalue weighted by molar-refractivity contribution is 5.93. The zero-order chi connectivity index (χ0) is 16.3. The van der Waals surface area contributed by atoms with Crippen molar-refractivity contribution < 1.29 is 14.3 Å². The van der Waals surface area contributed by atoms with Gasteiger partial charge in [-0.05, 0) is 56.7 Å². The Morgan fingerprint density at radius 1 is 1.41 bits per heavy atom. The predicted molar refractivity (Wildman–Crippen MR) is 81.1 cm³/mol. The van der Waals surface area contributed by atoms with Crippen LogP contribution in [0.2, 0.25) is 0 Å². The van der Waals surface area contributed by atoms with Gasteiger partial charge in [0.15, 0.2) is 6.61 Å². The fourth-order valence-corrected chi connectivity index (χ4v) is 2.39. The number of aryl methyl sites for hydroxylation is 1. The van der Waals surface area contributed by atoms with E-state index in [0.717, 1.165) is 24.0 Å². The molecule has 0 heterocycles. The first-order chi connectivity index (χ1) is 10.4. The number of carbonyl (C=O) groups excluding carboxylic acids is 2. The van der Waals surface area contributed by atoms with E-state index >= 15 is 0 Å². The Kier molecular flexibility index (Phi) is 4.51. The predicted octanol–water partition coefficient (Wildman–Crippen LogP) is 2.27. The zero-order valence-electron chi connectivity index (χ0n) is 13.1. The minimum Gasteiger partial charge on any atom is -0.452 e. The molecule has 0 spiro atoms. The Labute approximate surface area is 130 Å². The van der Waals surface area contributed by atoms with Gasteiger partial charge in [0.2, 0.25) is 0 Å². The molecule has 5 heteroatoms. The second-order valence-corrected chi connectivity index (χ2v) is 5.96. The van der Waals surface area contributed by atoms with Crippen molar-refractivity contribution in [3.63, 3.8) is 0 Å². The van der Waals surface area contributed by atoms with Crippen molar-refractivity contribution in [1.82, 2.24) is 5.32 Å². The van der Waals surface area contributed by atoms with Gasteiger partial charge in [-0.15, -0.1) is 0 Å². The molecule has 0 aromatic heterocycles. The number of carbonyl (C=O) groups is 2. The lowest BCUT2D eigenvalue weighted by Gasteiger charge is -2.22. The Morgan fingerprint density at radius 3 is 2.68 bits per heavy atom. The normalized spacial score (nSPS) is 16.3. The summed E-state index contributed by atoms with van der Waals surface area (Å²) in [4.78, 5) is 23.9. The van der Waals surface area contributed by atoms with Crippen LogP contribution in [0.1, 0.15) is 41.3 Å². The maximum Gasteiger partial charge on any atom is 0.338 e. The number of esters is 1. The third kappa shape index (κ3) is 3.45. The Bertz CT molecular complexity index is 644. The molecule has 1 aliphatic carbocycles. The van der Waals surface area contributed by atoms with Gasteiger partial charge in [-0.1, -0.05) is 12.1 Å². The summed E-state index contributed by atoms with van der Waals surface area (Å²) in [5.41, 5.74) is 1.42. The summed E-state index contributed by atoms with van der Waals surface area (Å²) in [5.74, 6) is -0.785. The van der Waals surface area contributed by atoms with Crippen molar-refractivity contribution in [1.29, 1.82) is 5.26 Å². The second-order valence-electron chi connectivity index (χ2n) is 5.96. The molecule has 1 aromatic carbocycles. The lowest BCUT2D eigenvalue weighted by Crippen LogP contribution is -2.48. The molecule has 0 radical (unpaired) electrons. The number of amides is 1. The largest absolute Gasteiger partial charge is 0.452 e. The summed E-state index contributed by atoms with van der Waals surface area (Å²) in [6.07, 6.45) is 1.87. The van der Waals surface area contributed by atoms with Gasteiger partial charge in [-0.3, -0.25) is 4.79 Å². The van der Waals surface area contributed by atoms with Crippen LogP contribution in [-0.2, 0) is 9.53 Å². The molecule has 116 valence electrons. The fraction of sp³-hybridized carbons (Fsp3) is 0.471. The van der Waals surface area contributed by atoms with Gasteiger partial charge in [-0.25, -0.2) is 4.79 Å². The van der Waals surface area contributed by atoms with Gasteiger partial charge in [0.1, 0.15) is 5.54 Å². The SMILES string of the molecule is Cc1cccc(C(=O)OCC(=O)N[C@](C)(C#N)C2CC2)c1C. The van der Waals surface area contributed by atoms with E-state index in [1.54, 1.807) is 19.1 Å². The number of nitriles is 1. The highest BCUT2D eigenvalue weighted by Gasteiger charge is 2.43. The van der Waals surface area contributed by atoms with Crippen molar-refractivity contribution in [2.45, 2.75) is 39.2 Å². The second kappa shape index (κ2) is 6.18. The minimum atomic E-state index is -0.872. The lowest BCUT2D eigenvalue weighted by atomic mass is 9.98. The number of rotatable bonds is 5. The van der Waals surface area contributed by atoms with Crippen molar-refractivity contribution in [3.05, 3.63) is 34.9 Å². The number of ether oxygens (including phenoxy) is 1. The Hall–Kier alpha value is -2.35. The molecule has 1 aromatic rings. The molecule has 1 amide bonds. The smallest absolute Gasteiger partial charge is 0.338 e. The third-order valence-electron chi connectivity index (χ3n) is 4.18. The van der Waals surface area contributed by atoms with Crippen LogP contribution >= 0.6 is 0 Å². The minimum absolute atomic E-state index is 0.191. The average Bonchev–Trinajstić information content (AvgIpc) is 3.32. The number of nitrogens with one attached hydrogen (secondary N) is 1. The van der Waals surface area contributed by atoms with Crippen molar-refractivity contribution in [2.24, 2.45) is 5.92 Å². The summed E-state index contributed by atoms with van der Waals surface area (Å²) in [5, 5.41) is 11.9.